The highest BCUT2D eigenvalue weighted by Gasteiger charge is 2.15. The molecule has 8 heteroatoms. The van der Waals surface area contributed by atoms with Crippen molar-refractivity contribution < 1.29 is 13.9 Å². The van der Waals surface area contributed by atoms with Gasteiger partial charge in [0.25, 0.3) is 0 Å². The maximum Gasteiger partial charge on any atom is 0.170 e. The molecule has 0 saturated heterocycles. The summed E-state index contributed by atoms with van der Waals surface area (Å²) in [6.07, 6.45) is 4.99. The number of aromatic nitrogens is 4. The van der Waals surface area contributed by atoms with E-state index in [9.17, 15) is 4.39 Å². The van der Waals surface area contributed by atoms with Crippen LogP contribution in [0.1, 0.15) is 5.56 Å². The van der Waals surface area contributed by atoms with Crippen molar-refractivity contribution in [2.24, 2.45) is 0 Å². The van der Waals surface area contributed by atoms with Crippen molar-refractivity contribution in [3.63, 3.8) is 0 Å². The Morgan fingerprint density at radius 2 is 1.89 bits per heavy atom. The number of nitrogens with one attached hydrogen (secondary N) is 1. The molecule has 0 saturated carbocycles. The molecule has 1 aromatic carbocycles. The summed E-state index contributed by atoms with van der Waals surface area (Å²) in [5.41, 5.74) is 2.72. The van der Waals surface area contributed by atoms with Gasteiger partial charge in [0.15, 0.2) is 5.65 Å². The van der Waals surface area contributed by atoms with Gasteiger partial charge in [-0.3, -0.25) is 9.38 Å². The van der Waals surface area contributed by atoms with E-state index in [-0.39, 0.29) is 12.4 Å². The number of benzene rings is 1. The van der Waals surface area contributed by atoms with E-state index in [1.54, 1.807) is 48.4 Å². The first-order valence-corrected chi connectivity index (χ1v) is 8.59. The van der Waals surface area contributed by atoms with Gasteiger partial charge in [-0.25, -0.2) is 4.39 Å². The van der Waals surface area contributed by atoms with Gasteiger partial charge in [-0.2, -0.15) is 0 Å². The van der Waals surface area contributed by atoms with Crippen molar-refractivity contribution in [1.82, 2.24) is 19.6 Å². The summed E-state index contributed by atoms with van der Waals surface area (Å²) >= 11 is 0. The number of ether oxygens (including phenoxy) is 2. The van der Waals surface area contributed by atoms with Gasteiger partial charge in [0, 0.05) is 35.6 Å². The summed E-state index contributed by atoms with van der Waals surface area (Å²) in [4.78, 5) is 4.18. The van der Waals surface area contributed by atoms with Crippen LogP contribution in [0, 0.1) is 5.82 Å². The van der Waals surface area contributed by atoms with Crippen molar-refractivity contribution in [2.75, 3.05) is 19.5 Å². The number of rotatable bonds is 6. The van der Waals surface area contributed by atoms with Crippen molar-refractivity contribution in [1.29, 1.82) is 0 Å². The van der Waals surface area contributed by atoms with Crippen LogP contribution in [0.3, 0.4) is 0 Å². The topological polar surface area (TPSA) is 73.6 Å². The van der Waals surface area contributed by atoms with Gasteiger partial charge in [0.05, 0.1) is 14.2 Å². The Morgan fingerprint density at radius 3 is 2.71 bits per heavy atom. The summed E-state index contributed by atoms with van der Waals surface area (Å²) in [5.74, 6) is 1.57. The lowest BCUT2D eigenvalue weighted by atomic mass is 10.1. The highest BCUT2D eigenvalue weighted by atomic mass is 19.1. The van der Waals surface area contributed by atoms with E-state index in [1.807, 2.05) is 12.1 Å². The number of hydrogen-bond donors (Lipinski definition) is 1. The zero-order chi connectivity index (χ0) is 19.5. The van der Waals surface area contributed by atoms with Gasteiger partial charge in [-0.15, -0.1) is 10.2 Å². The second-order valence-corrected chi connectivity index (χ2v) is 6.01. The maximum absolute atomic E-state index is 14.2. The lowest BCUT2D eigenvalue weighted by Gasteiger charge is -2.14. The van der Waals surface area contributed by atoms with Gasteiger partial charge < -0.3 is 14.8 Å². The Balaban J connectivity index is 1.71. The fraction of sp³-hybridized carbons (Fsp3) is 0.150. The molecule has 0 aliphatic heterocycles. The summed E-state index contributed by atoms with van der Waals surface area (Å²) in [6, 6.07) is 10.3. The molecule has 4 rings (SSSR count). The molecule has 0 amide bonds. The second-order valence-electron chi connectivity index (χ2n) is 6.01. The number of anilines is 1. The normalized spacial score (nSPS) is 10.8. The lowest BCUT2D eigenvalue weighted by Crippen LogP contribution is -2.07. The monoisotopic (exact) mass is 379 g/mol. The molecule has 0 fully saturated rings. The number of methoxy groups -OCH3 is 2. The Morgan fingerprint density at radius 1 is 1.04 bits per heavy atom. The molecule has 28 heavy (non-hydrogen) atoms. The zero-order valence-corrected chi connectivity index (χ0v) is 15.4. The van der Waals surface area contributed by atoms with Gasteiger partial charge in [-0.1, -0.05) is 6.07 Å². The molecule has 0 spiro atoms. The smallest absolute Gasteiger partial charge is 0.170 e. The van der Waals surface area contributed by atoms with E-state index in [4.69, 9.17) is 9.47 Å². The highest BCUT2D eigenvalue weighted by Crippen LogP contribution is 2.32. The summed E-state index contributed by atoms with van der Waals surface area (Å²) < 4.78 is 26.7. The fourth-order valence-corrected chi connectivity index (χ4v) is 3.11. The average molecular weight is 379 g/mol. The Kier molecular flexibility index (Phi) is 4.76. The zero-order valence-electron chi connectivity index (χ0n) is 15.4. The van der Waals surface area contributed by atoms with Crippen LogP contribution in [-0.2, 0) is 6.54 Å². The van der Waals surface area contributed by atoms with Crippen molar-refractivity contribution in [3.8, 4) is 22.6 Å². The standard InChI is InChI=1S/C20H18FN5O2/c1-27-17-5-3-4-16(21)15(17)11-23-19-7-6-13(20-25-24-12-26(19)20)14-10-22-9-8-18(14)28-2/h3-10,12,23H,11H2,1-2H3. The fourth-order valence-electron chi connectivity index (χ4n) is 3.11. The van der Waals surface area contributed by atoms with Crippen LogP contribution in [0.2, 0.25) is 0 Å². The van der Waals surface area contributed by atoms with Gasteiger partial charge >= 0.3 is 0 Å². The molecular formula is C20H18FN5O2. The second kappa shape index (κ2) is 7.51. The molecule has 0 bridgehead atoms. The third kappa shape index (κ3) is 3.09. The molecule has 3 aromatic heterocycles. The summed E-state index contributed by atoms with van der Waals surface area (Å²) in [7, 11) is 3.13. The van der Waals surface area contributed by atoms with Gasteiger partial charge in [-0.05, 0) is 30.3 Å². The van der Waals surface area contributed by atoms with Gasteiger partial charge in [0.2, 0.25) is 0 Å². The Hall–Kier alpha value is -3.68. The van der Waals surface area contributed by atoms with Crippen LogP contribution in [0.5, 0.6) is 11.5 Å². The molecule has 0 atom stereocenters. The highest BCUT2D eigenvalue weighted by molar-refractivity contribution is 5.82. The van der Waals surface area contributed by atoms with E-state index in [2.05, 4.69) is 20.5 Å². The van der Waals surface area contributed by atoms with Crippen molar-refractivity contribution in [2.45, 2.75) is 6.54 Å². The van der Waals surface area contributed by atoms with E-state index in [1.165, 1.54) is 13.2 Å². The molecule has 0 unspecified atom stereocenters. The predicted octanol–water partition coefficient (Wildman–Crippen LogP) is 3.56. The molecule has 1 N–H and O–H groups in total. The van der Waals surface area contributed by atoms with Crippen LogP contribution in [0.4, 0.5) is 10.2 Å². The minimum atomic E-state index is -0.330. The van der Waals surface area contributed by atoms with E-state index < -0.39 is 0 Å². The van der Waals surface area contributed by atoms with Crippen LogP contribution >= 0.6 is 0 Å². The molecule has 3 heterocycles. The van der Waals surface area contributed by atoms with Crippen LogP contribution < -0.4 is 14.8 Å². The number of halogens is 1. The van der Waals surface area contributed by atoms with E-state index in [0.717, 1.165) is 16.9 Å². The first kappa shape index (κ1) is 17.7. The molecule has 7 nitrogen and oxygen atoms in total. The molecule has 142 valence electrons. The number of nitrogens with zero attached hydrogens (tertiary/aromatic N) is 4. The van der Waals surface area contributed by atoms with E-state index in [0.29, 0.717) is 22.7 Å². The lowest BCUT2D eigenvalue weighted by molar-refractivity contribution is 0.405. The quantitative estimate of drug-likeness (QED) is 0.552. The first-order valence-electron chi connectivity index (χ1n) is 8.59. The summed E-state index contributed by atoms with van der Waals surface area (Å²) in [5, 5.41) is 11.5. The largest absolute Gasteiger partial charge is 0.496 e. The van der Waals surface area contributed by atoms with Crippen LogP contribution in [0.25, 0.3) is 16.8 Å². The van der Waals surface area contributed by atoms with Crippen LogP contribution in [0.15, 0.2) is 55.1 Å². The van der Waals surface area contributed by atoms with Crippen molar-refractivity contribution in [3.05, 3.63) is 66.5 Å². The minimum absolute atomic E-state index is 0.249. The predicted molar refractivity (Wildman–Crippen MR) is 103 cm³/mol. The summed E-state index contributed by atoms with van der Waals surface area (Å²) in [6.45, 7) is 0.249. The van der Waals surface area contributed by atoms with Crippen molar-refractivity contribution >= 4 is 11.5 Å². The number of pyridine rings is 2. The SMILES string of the molecule is COc1ccncc1-c1ccc(NCc2c(F)cccc2OC)n2cnnc12. The third-order valence-corrected chi connectivity index (χ3v) is 4.49. The van der Waals surface area contributed by atoms with Crippen LogP contribution in [-0.4, -0.2) is 33.8 Å². The molecule has 0 radical (unpaired) electrons. The third-order valence-electron chi connectivity index (χ3n) is 4.49. The molecular weight excluding hydrogens is 361 g/mol. The van der Waals surface area contributed by atoms with E-state index >= 15 is 0 Å². The molecule has 0 aliphatic carbocycles. The first-order chi connectivity index (χ1) is 13.7. The average Bonchev–Trinajstić information content (AvgIpc) is 3.22. The minimum Gasteiger partial charge on any atom is -0.496 e. The Bertz CT molecular complexity index is 1130. The maximum atomic E-state index is 14.2. The molecule has 0 aliphatic rings. The molecule has 4 aromatic rings. The Labute approximate surface area is 160 Å². The van der Waals surface area contributed by atoms with Gasteiger partial charge in [0.1, 0.15) is 29.5 Å². The number of hydrogen-bond acceptors (Lipinski definition) is 6. The number of fused-ring (bicyclic) bond motifs is 1.